The summed E-state index contributed by atoms with van der Waals surface area (Å²) in [7, 11) is 4.90. The molecule has 0 aliphatic rings. The zero-order valence-electron chi connectivity index (χ0n) is 31.0. The predicted molar refractivity (Wildman–Crippen MR) is 200 cm³/mol. The molecule has 0 saturated carbocycles. The van der Waals surface area contributed by atoms with Gasteiger partial charge in [0.15, 0.2) is 5.69 Å². The third kappa shape index (κ3) is 8.49. The smallest absolute Gasteiger partial charge is 0.356 e. The van der Waals surface area contributed by atoms with E-state index in [1.165, 1.54) is 28.5 Å². The van der Waals surface area contributed by atoms with E-state index in [-0.39, 0.29) is 5.69 Å². The van der Waals surface area contributed by atoms with Crippen molar-refractivity contribution < 1.29 is 24.1 Å². The Morgan fingerprint density at radius 2 is 0.902 bits per heavy atom. The first kappa shape index (κ1) is 38.0. The van der Waals surface area contributed by atoms with Crippen molar-refractivity contribution in [1.82, 2.24) is 29.3 Å². The van der Waals surface area contributed by atoms with Crippen LogP contribution >= 0.6 is 0 Å². The molecule has 0 unspecified atom stereocenters. The van der Waals surface area contributed by atoms with Crippen molar-refractivity contribution >= 4 is 5.97 Å². The Morgan fingerprint density at radius 1 is 0.549 bits per heavy atom. The number of hydrogen-bond donors (Lipinski definition) is 1. The Hall–Kier alpha value is -5.84. The van der Waals surface area contributed by atoms with E-state index in [0.29, 0.717) is 17.9 Å². The Balaban J connectivity index is 0.000000172. The van der Waals surface area contributed by atoms with E-state index in [2.05, 4.69) is 60.3 Å². The van der Waals surface area contributed by atoms with Gasteiger partial charge in [-0.05, 0) is 76.4 Å². The van der Waals surface area contributed by atoms with E-state index in [1.807, 2.05) is 90.8 Å². The number of aromatic carboxylic acids is 1. The van der Waals surface area contributed by atoms with Gasteiger partial charge >= 0.3 is 5.97 Å². The fraction of sp³-hybridized carbons (Fsp3) is 0.300. The second-order valence-corrected chi connectivity index (χ2v) is 11.6. The molecule has 51 heavy (non-hydrogen) atoms. The molecule has 3 aromatic heterocycles. The number of carbonyl (C=O) groups is 1. The molecule has 6 rings (SSSR count). The van der Waals surface area contributed by atoms with Crippen molar-refractivity contribution in [3.05, 3.63) is 124 Å². The molecule has 3 aromatic carbocycles. The number of nitrogens with zero attached hydrogens (tertiary/aromatic N) is 6. The molecule has 0 spiro atoms. The van der Waals surface area contributed by atoms with Crippen LogP contribution in [0.2, 0.25) is 0 Å². The van der Waals surface area contributed by atoms with Crippen LogP contribution in [0.25, 0.3) is 17.1 Å². The van der Waals surface area contributed by atoms with Crippen LogP contribution in [0.15, 0.2) is 84.9 Å². The highest BCUT2D eigenvalue weighted by atomic mass is 16.5. The average molecular weight is 693 g/mol. The third-order valence-electron chi connectivity index (χ3n) is 8.33. The molecule has 0 aliphatic carbocycles. The maximum absolute atomic E-state index is 11.2. The number of hydrogen-bond acceptors (Lipinski definition) is 7. The van der Waals surface area contributed by atoms with Crippen LogP contribution < -0.4 is 14.2 Å². The lowest BCUT2D eigenvalue weighted by molar-refractivity contribution is 0.0688. The number of para-hydroxylation sites is 2. The summed E-state index contributed by atoms with van der Waals surface area (Å²) in [6, 6.07) is 27.6. The Kier molecular flexibility index (Phi) is 13.2. The van der Waals surface area contributed by atoms with Crippen molar-refractivity contribution in [2.75, 3.05) is 21.3 Å². The lowest BCUT2D eigenvalue weighted by Crippen LogP contribution is -2.02. The normalized spacial score (nSPS) is 10.5. The summed E-state index contributed by atoms with van der Waals surface area (Å²) in [6.07, 6.45) is 2.42. The molecule has 11 heteroatoms. The highest BCUT2D eigenvalue weighted by Gasteiger charge is 2.23. The van der Waals surface area contributed by atoms with E-state index in [4.69, 9.17) is 19.3 Å². The number of carboxylic acid groups (broad SMARTS) is 1. The van der Waals surface area contributed by atoms with Crippen LogP contribution in [0, 0.1) is 20.8 Å². The first-order chi connectivity index (χ1) is 24.6. The van der Waals surface area contributed by atoms with Gasteiger partial charge < -0.3 is 19.3 Å². The number of rotatable bonds is 10. The van der Waals surface area contributed by atoms with Crippen molar-refractivity contribution in [1.29, 1.82) is 0 Å². The van der Waals surface area contributed by atoms with Crippen LogP contribution in [-0.4, -0.2) is 61.7 Å². The number of methoxy groups -OCH3 is 3. The maximum Gasteiger partial charge on any atom is 0.356 e. The van der Waals surface area contributed by atoms with E-state index >= 15 is 0 Å². The average Bonchev–Trinajstić information content (AvgIpc) is 3.82. The second-order valence-electron chi connectivity index (χ2n) is 11.6. The van der Waals surface area contributed by atoms with Gasteiger partial charge in [-0.15, -0.1) is 0 Å². The van der Waals surface area contributed by atoms with Gasteiger partial charge in [0.2, 0.25) is 17.6 Å². The summed E-state index contributed by atoms with van der Waals surface area (Å²) in [5, 5.41) is 22.3. The van der Waals surface area contributed by atoms with E-state index in [1.54, 1.807) is 14.2 Å². The van der Waals surface area contributed by atoms with Crippen LogP contribution in [0.5, 0.6) is 17.6 Å². The molecule has 0 bridgehead atoms. The zero-order chi connectivity index (χ0) is 37.1. The van der Waals surface area contributed by atoms with Gasteiger partial charge in [-0.3, -0.25) is 0 Å². The predicted octanol–water partition coefficient (Wildman–Crippen LogP) is 7.95. The first-order valence-electron chi connectivity index (χ1n) is 17.0. The highest BCUT2D eigenvalue weighted by Crippen LogP contribution is 2.28. The van der Waals surface area contributed by atoms with E-state index < -0.39 is 5.97 Å². The Bertz CT molecular complexity index is 2010. The summed E-state index contributed by atoms with van der Waals surface area (Å²) < 4.78 is 21.4. The molecule has 0 amide bonds. The number of benzene rings is 3. The third-order valence-corrected chi connectivity index (χ3v) is 8.33. The Labute approximate surface area is 300 Å². The topological polar surface area (TPSA) is 118 Å². The lowest BCUT2D eigenvalue weighted by atomic mass is 10.2. The molecular weight excluding hydrogens is 644 g/mol. The van der Waals surface area contributed by atoms with Gasteiger partial charge in [0, 0.05) is 16.7 Å². The largest absolute Gasteiger partial charge is 0.481 e. The number of aromatic nitrogens is 6. The highest BCUT2D eigenvalue weighted by molar-refractivity contribution is 5.88. The minimum Gasteiger partial charge on any atom is -0.481 e. The monoisotopic (exact) mass is 692 g/mol. The molecule has 11 nitrogen and oxygen atoms in total. The SMILES string of the molecule is CCc1c(C(=O)O)nn(-c2ccccc2)c1OC.CCc1c(C)nn(-c2ccc(C)cc2)c1OC.CCc1c(C)nn(-c2ccccc2)c1OC. The first-order valence-corrected chi connectivity index (χ1v) is 17.0. The molecule has 1 N–H and O–H groups in total. The summed E-state index contributed by atoms with van der Waals surface area (Å²) in [6.45, 7) is 12.2. The molecule has 0 saturated heterocycles. The van der Waals surface area contributed by atoms with Crippen molar-refractivity contribution in [2.45, 2.75) is 60.8 Å². The van der Waals surface area contributed by atoms with Gasteiger partial charge in [-0.25, -0.2) is 14.2 Å². The number of carboxylic acids is 1. The van der Waals surface area contributed by atoms with Crippen molar-refractivity contribution in [3.63, 3.8) is 0 Å². The standard InChI is InChI=1S/C14H18N2O.C13H14N2O3.C13H16N2O/c1-5-13-11(3)15-16(14(13)17-4)12-8-6-10(2)7-9-12;1-3-10-11(13(16)17)14-15(12(10)18-2)9-7-5-4-6-8-9;1-4-12-10(2)14-15(13(12)16-3)11-8-6-5-7-9-11/h6-9H,5H2,1-4H3;4-8H,3H2,1-2H3,(H,16,17);5-9H,4H2,1-3H3. The molecule has 0 radical (unpaired) electrons. The van der Waals surface area contributed by atoms with Gasteiger partial charge in [-0.2, -0.15) is 20.0 Å². The molecule has 0 atom stereocenters. The summed E-state index contributed by atoms with van der Waals surface area (Å²) >= 11 is 0. The van der Waals surface area contributed by atoms with Crippen LogP contribution in [0.3, 0.4) is 0 Å². The van der Waals surface area contributed by atoms with Crippen LogP contribution in [0.1, 0.15) is 64.9 Å². The van der Waals surface area contributed by atoms with Gasteiger partial charge in [0.1, 0.15) is 0 Å². The fourth-order valence-corrected chi connectivity index (χ4v) is 5.79. The number of ether oxygens (including phenoxy) is 3. The van der Waals surface area contributed by atoms with Crippen LogP contribution in [-0.2, 0) is 19.3 Å². The summed E-state index contributed by atoms with van der Waals surface area (Å²) in [5.41, 5.74) is 9.14. The molecule has 268 valence electrons. The van der Waals surface area contributed by atoms with E-state index in [9.17, 15) is 4.79 Å². The summed E-state index contributed by atoms with van der Waals surface area (Å²) in [4.78, 5) is 11.2. The number of aryl methyl sites for hydroxylation is 3. The quantitative estimate of drug-likeness (QED) is 0.154. The van der Waals surface area contributed by atoms with Crippen molar-refractivity contribution in [3.8, 4) is 34.7 Å². The van der Waals surface area contributed by atoms with Crippen LogP contribution in [0.4, 0.5) is 0 Å². The molecule has 0 fully saturated rings. The second kappa shape index (κ2) is 17.7. The lowest BCUT2D eigenvalue weighted by Gasteiger charge is -2.07. The van der Waals surface area contributed by atoms with Gasteiger partial charge in [-0.1, -0.05) is 74.9 Å². The minimum absolute atomic E-state index is 0.0400. The molecule has 0 aliphatic heterocycles. The molecular formula is C40H48N6O5. The maximum atomic E-state index is 11.2. The summed E-state index contributed by atoms with van der Waals surface area (Å²) in [5.74, 6) is 1.11. The molecule has 3 heterocycles. The Morgan fingerprint density at radius 3 is 1.25 bits per heavy atom. The van der Waals surface area contributed by atoms with Crippen molar-refractivity contribution in [2.24, 2.45) is 0 Å². The van der Waals surface area contributed by atoms with E-state index in [0.717, 1.165) is 53.1 Å². The fourth-order valence-electron chi connectivity index (χ4n) is 5.79. The molecule has 6 aromatic rings. The zero-order valence-corrected chi connectivity index (χ0v) is 31.0. The van der Waals surface area contributed by atoms with Gasteiger partial charge in [0.05, 0.1) is 49.8 Å². The minimum atomic E-state index is -1.04. The van der Waals surface area contributed by atoms with Gasteiger partial charge in [0.25, 0.3) is 0 Å².